The van der Waals surface area contributed by atoms with Gasteiger partial charge in [0.25, 0.3) is 5.91 Å². The molecule has 0 unspecified atom stereocenters. The maximum absolute atomic E-state index is 11.4. The number of carbonyl (C=O) groups is 1. The van der Waals surface area contributed by atoms with E-state index in [0.29, 0.717) is 24.0 Å². The van der Waals surface area contributed by atoms with Crippen molar-refractivity contribution in [2.75, 3.05) is 0 Å². The van der Waals surface area contributed by atoms with Crippen molar-refractivity contribution in [3.8, 4) is 17.2 Å². The standard InChI is InChI=1S/C17H19NO4/c1-9-7-12(10(2)16(21)15(9)17(18)22)5-3-11-4-6-13(19)14(20)8-11/h4,6-8,19-21H,3,5H2,1-2H3,(H2,18,22). The number of phenols is 3. The largest absolute Gasteiger partial charge is 0.507 e. The van der Waals surface area contributed by atoms with E-state index in [2.05, 4.69) is 0 Å². The number of hydrogen-bond acceptors (Lipinski definition) is 4. The first-order valence-corrected chi connectivity index (χ1v) is 6.94. The summed E-state index contributed by atoms with van der Waals surface area (Å²) in [6, 6.07) is 6.52. The fourth-order valence-corrected chi connectivity index (χ4v) is 2.54. The van der Waals surface area contributed by atoms with Gasteiger partial charge in [-0.05, 0) is 61.1 Å². The Morgan fingerprint density at radius 2 is 1.73 bits per heavy atom. The van der Waals surface area contributed by atoms with Crippen LogP contribution in [0, 0.1) is 13.8 Å². The quantitative estimate of drug-likeness (QED) is 0.650. The molecule has 0 heterocycles. The first-order chi connectivity index (χ1) is 10.3. The molecule has 5 nitrogen and oxygen atoms in total. The maximum atomic E-state index is 11.4. The minimum Gasteiger partial charge on any atom is -0.507 e. The summed E-state index contributed by atoms with van der Waals surface area (Å²) >= 11 is 0. The van der Waals surface area contributed by atoms with Crippen molar-refractivity contribution in [1.29, 1.82) is 0 Å². The zero-order chi connectivity index (χ0) is 16.4. The third kappa shape index (κ3) is 2.98. The highest BCUT2D eigenvalue weighted by Gasteiger charge is 2.16. The predicted molar refractivity (Wildman–Crippen MR) is 83.3 cm³/mol. The SMILES string of the molecule is Cc1cc(CCc2ccc(O)c(O)c2)c(C)c(O)c1C(N)=O. The molecule has 0 aliphatic heterocycles. The number of carbonyl (C=O) groups excluding carboxylic acids is 1. The Labute approximate surface area is 128 Å². The number of rotatable bonds is 4. The highest BCUT2D eigenvalue weighted by atomic mass is 16.3. The Morgan fingerprint density at radius 3 is 2.32 bits per heavy atom. The number of aromatic hydroxyl groups is 3. The van der Waals surface area contributed by atoms with E-state index in [-0.39, 0.29) is 22.8 Å². The van der Waals surface area contributed by atoms with Crippen molar-refractivity contribution in [3.05, 3.63) is 52.1 Å². The van der Waals surface area contributed by atoms with Gasteiger partial charge >= 0.3 is 0 Å². The zero-order valence-corrected chi connectivity index (χ0v) is 12.6. The molecular weight excluding hydrogens is 282 g/mol. The van der Waals surface area contributed by atoms with Gasteiger partial charge in [-0.3, -0.25) is 4.79 Å². The maximum Gasteiger partial charge on any atom is 0.252 e. The van der Waals surface area contributed by atoms with Gasteiger partial charge in [0.2, 0.25) is 0 Å². The lowest BCUT2D eigenvalue weighted by Crippen LogP contribution is -2.14. The van der Waals surface area contributed by atoms with Gasteiger partial charge in [0.05, 0.1) is 5.56 Å². The van der Waals surface area contributed by atoms with E-state index < -0.39 is 5.91 Å². The molecule has 0 aliphatic rings. The lowest BCUT2D eigenvalue weighted by molar-refractivity contribution is 0.0997. The summed E-state index contributed by atoms with van der Waals surface area (Å²) in [5.41, 5.74) is 8.48. The number of benzene rings is 2. The molecule has 2 aromatic carbocycles. The van der Waals surface area contributed by atoms with Crippen LogP contribution in [-0.2, 0) is 12.8 Å². The van der Waals surface area contributed by atoms with Gasteiger partial charge in [-0.25, -0.2) is 0 Å². The topological polar surface area (TPSA) is 104 Å². The van der Waals surface area contributed by atoms with Crippen LogP contribution in [0.5, 0.6) is 17.2 Å². The highest BCUT2D eigenvalue weighted by molar-refractivity contribution is 5.97. The molecule has 0 fully saturated rings. The minimum absolute atomic E-state index is 0.0731. The molecule has 0 bridgehead atoms. The Kier molecular flexibility index (Phi) is 4.26. The summed E-state index contributed by atoms with van der Waals surface area (Å²) < 4.78 is 0. The number of hydrogen-bond donors (Lipinski definition) is 4. The molecule has 5 heteroatoms. The van der Waals surface area contributed by atoms with Crippen LogP contribution in [-0.4, -0.2) is 21.2 Å². The second-order valence-corrected chi connectivity index (χ2v) is 5.39. The molecule has 116 valence electrons. The van der Waals surface area contributed by atoms with Crippen LogP contribution in [0.3, 0.4) is 0 Å². The van der Waals surface area contributed by atoms with Gasteiger partial charge in [-0.15, -0.1) is 0 Å². The number of phenolic OH excluding ortho intramolecular Hbond substituents is 2. The molecule has 0 aromatic heterocycles. The zero-order valence-electron chi connectivity index (χ0n) is 12.6. The summed E-state index contributed by atoms with van der Waals surface area (Å²) in [6.07, 6.45) is 1.26. The van der Waals surface area contributed by atoms with Gasteiger partial charge in [0.1, 0.15) is 5.75 Å². The van der Waals surface area contributed by atoms with Gasteiger partial charge in [0, 0.05) is 0 Å². The molecule has 22 heavy (non-hydrogen) atoms. The Hall–Kier alpha value is -2.69. The minimum atomic E-state index is -0.645. The lowest BCUT2D eigenvalue weighted by atomic mass is 9.94. The molecule has 0 aliphatic carbocycles. The summed E-state index contributed by atoms with van der Waals surface area (Å²) in [5, 5.41) is 28.9. The van der Waals surface area contributed by atoms with Crippen molar-refractivity contribution >= 4 is 5.91 Å². The van der Waals surface area contributed by atoms with E-state index in [9.17, 15) is 20.1 Å². The summed E-state index contributed by atoms with van der Waals surface area (Å²) in [6.45, 7) is 3.47. The average Bonchev–Trinajstić information content (AvgIpc) is 2.44. The normalized spacial score (nSPS) is 10.6. The summed E-state index contributed by atoms with van der Waals surface area (Å²) in [5.74, 6) is -1.03. The van der Waals surface area contributed by atoms with E-state index in [1.54, 1.807) is 19.9 Å². The van der Waals surface area contributed by atoms with E-state index in [1.807, 2.05) is 6.07 Å². The van der Waals surface area contributed by atoms with E-state index in [4.69, 9.17) is 5.73 Å². The van der Waals surface area contributed by atoms with Crippen LogP contribution in [0.4, 0.5) is 0 Å². The number of nitrogens with two attached hydrogens (primary N) is 1. The van der Waals surface area contributed by atoms with Gasteiger partial charge in [-0.2, -0.15) is 0 Å². The summed E-state index contributed by atoms with van der Waals surface area (Å²) in [7, 11) is 0. The van der Waals surface area contributed by atoms with Gasteiger partial charge in [0.15, 0.2) is 11.5 Å². The first kappa shape index (κ1) is 15.7. The molecule has 0 saturated heterocycles. The number of primary amides is 1. The molecule has 0 radical (unpaired) electrons. The van der Waals surface area contributed by atoms with Crippen LogP contribution >= 0.6 is 0 Å². The fraction of sp³-hybridized carbons (Fsp3) is 0.235. The molecule has 1 amide bonds. The van der Waals surface area contributed by atoms with Crippen LogP contribution < -0.4 is 5.73 Å². The molecule has 2 rings (SSSR count). The second kappa shape index (κ2) is 5.97. The van der Waals surface area contributed by atoms with Crippen LogP contribution in [0.15, 0.2) is 24.3 Å². The van der Waals surface area contributed by atoms with Gasteiger partial charge < -0.3 is 21.1 Å². The third-order valence-electron chi connectivity index (χ3n) is 3.83. The lowest BCUT2D eigenvalue weighted by Gasteiger charge is -2.13. The Balaban J connectivity index is 2.27. The van der Waals surface area contributed by atoms with Crippen molar-refractivity contribution in [3.63, 3.8) is 0 Å². The molecule has 5 N–H and O–H groups in total. The van der Waals surface area contributed by atoms with Crippen LogP contribution in [0.2, 0.25) is 0 Å². The highest BCUT2D eigenvalue weighted by Crippen LogP contribution is 2.30. The van der Waals surface area contributed by atoms with Crippen molar-refractivity contribution in [1.82, 2.24) is 0 Å². The fourth-order valence-electron chi connectivity index (χ4n) is 2.54. The summed E-state index contributed by atoms with van der Waals surface area (Å²) in [4.78, 5) is 11.4. The second-order valence-electron chi connectivity index (χ2n) is 5.39. The van der Waals surface area contributed by atoms with E-state index >= 15 is 0 Å². The molecule has 0 saturated carbocycles. The van der Waals surface area contributed by atoms with Crippen molar-refractivity contribution in [2.24, 2.45) is 5.73 Å². The molecule has 2 aromatic rings. The molecular formula is C17H19NO4. The van der Waals surface area contributed by atoms with Crippen LogP contribution in [0.1, 0.15) is 32.6 Å². The van der Waals surface area contributed by atoms with Crippen molar-refractivity contribution in [2.45, 2.75) is 26.7 Å². The smallest absolute Gasteiger partial charge is 0.252 e. The molecule has 0 spiro atoms. The predicted octanol–water partition coefficient (Wildman–Crippen LogP) is 2.30. The monoisotopic (exact) mass is 301 g/mol. The Morgan fingerprint density at radius 1 is 1.05 bits per heavy atom. The number of amides is 1. The Bertz CT molecular complexity index is 738. The third-order valence-corrected chi connectivity index (χ3v) is 3.83. The van der Waals surface area contributed by atoms with Gasteiger partial charge in [-0.1, -0.05) is 12.1 Å². The van der Waals surface area contributed by atoms with Crippen molar-refractivity contribution < 1.29 is 20.1 Å². The average molecular weight is 301 g/mol. The number of aryl methyl sites for hydroxylation is 3. The van der Waals surface area contributed by atoms with Crippen LogP contribution in [0.25, 0.3) is 0 Å². The van der Waals surface area contributed by atoms with E-state index in [0.717, 1.165) is 11.1 Å². The molecule has 0 atom stereocenters. The first-order valence-electron chi connectivity index (χ1n) is 6.94. The van der Waals surface area contributed by atoms with E-state index in [1.165, 1.54) is 12.1 Å².